The molecule has 1 amide bonds. The molecule has 0 aliphatic carbocycles. The number of carbonyl (C=O) groups excluding carboxylic acids is 1. The van der Waals surface area contributed by atoms with E-state index in [0.29, 0.717) is 6.54 Å². The Morgan fingerprint density at radius 2 is 2.58 bits per heavy atom. The molecule has 1 aromatic heterocycles. The van der Waals surface area contributed by atoms with Crippen LogP contribution in [0.4, 0.5) is 0 Å². The van der Waals surface area contributed by atoms with Crippen molar-refractivity contribution in [2.24, 2.45) is 5.73 Å². The number of nitrogens with zero attached hydrogens (tertiary/aromatic N) is 2. The monoisotopic (exact) mass is 168 g/mol. The van der Waals surface area contributed by atoms with Crippen LogP contribution >= 0.6 is 0 Å². The lowest BCUT2D eigenvalue weighted by Crippen LogP contribution is -2.23. The molecule has 0 radical (unpaired) electrons. The van der Waals surface area contributed by atoms with Crippen molar-refractivity contribution in [3.8, 4) is 0 Å². The summed E-state index contributed by atoms with van der Waals surface area (Å²) in [6.45, 7) is 0.699. The van der Waals surface area contributed by atoms with Crippen LogP contribution in [0.1, 0.15) is 5.56 Å². The molecule has 0 unspecified atom stereocenters. The van der Waals surface area contributed by atoms with Gasteiger partial charge < -0.3 is 11.1 Å². The van der Waals surface area contributed by atoms with Gasteiger partial charge >= 0.3 is 0 Å². The number of rotatable bonds is 3. The van der Waals surface area contributed by atoms with E-state index in [2.05, 4.69) is 10.4 Å². The molecule has 0 saturated carbocycles. The molecule has 3 N–H and O–H groups in total. The summed E-state index contributed by atoms with van der Waals surface area (Å²) >= 11 is 0. The SMILES string of the molecule is CNC(=O)Cn1cc(CN)cn1. The van der Waals surface area contributed by atoms with Gasteiger partial charge in [0.2, 0.25) is 5.91 Å². The van der Waals surface area contributed by atoms with Gasteiger partial charge in [-0.1, -0.05) is 0 Å². The Balaban J connectivity index is 2.58. The summed E-state index contributed by atoms with van der Waals surface area (Å²) in [5, 5.41) is 6.46. The van der Waals surface area contributed by atoms with Crippen LogP contribution in [0.5, 0.6) is 0 Å². The molecule has 0 bridgehead atoms. The average molecular weight is 168 g/mol. The van der Waals surface area contributed by atoms with E-state index in [4.69, 9.17) is 5.73 Å². The Bertz CT molecular complexity index is 268. The molecule has 5 nitrogen and oxygen atoms in total. The van der Waals surface area contributed by atoms with Gasteiger partial charge in [0.15, 0.2) is 0 Å². The summed E-state index contributed by atoms with van der Waals surface area (Å²) in [6, 6.07) is 0. The first-order valence-electron chi connectivity index (χ1n) is 3.68. The number of aromatic nitrogens is 2. The summed E-state index contributed by atoms with van der Waals surface area (Å²) in [6.07, 6.45) is 3.41. The molecule has 66 valence electrons. The molecule has 0 saturated heterocycles. The zero-order valence-corrected chi connectivity index (χ0v) is 6.95. The summed E-state index contributed by atoms with van der Waals surface area (Å²) in [4.78, 5) is 10.9. The first-order chi connectivity index (χ1) is 5.76. The Kier molecular flexibility index (Phi) is 2.82. The number of amides is 1. The fourth-order valence-electron chi connectivity index (χ4n) is 0.824. The van der Waals surface area contributed by atoms with Crippen LogP contribution in [0, 0.1) is 0 Å². The van der Waals surface area contributed by atoms with Gasteiger partial charge in [-0.3, -0.25) is 9.48 Å². The molecule has 5 heteroatoms. The Morgan fingerprint density at radius 1 is 1.83 bits per heavy atom. The van der Waals surface area contributed by atoms with Crippen molar-refractivity contribution in [2.45, 2.75) is 13.1 Å². The second kappa shape index (κ2) is 3.87. The van der Waals surface area contributed by atoms with Crippen LogP contribution in [0.2, 0.25) is 0 Å². The number of nitrogens with one attached hydrogen (secondary N) is 1. The van der Waals surface area contributed by atoms with Gasteiger partial charge in [-0.15, -0.1) is 0 Å². The highest BCUT2D eigenvalue weighted by atomic mass is 16.1. The zero-order valence-electron chi connectivity index (χ0n) is 6.95. The largest absolute Gasteiger partial charge is 0.358 e. The van der Waals surface area contributed by atoms with Gasteiger partial charge in [0.1, 0.15) is 6.54 Å². The van der Waals surface area contributed by atoms with Crippen LogP contribution in [0.25, 0.3) is 0 Å². The van der Waals surface area contributed by atoms with Crippen molar-refractivity contribution in [1.29, 1.82) is 0 Å². The molecule has 1 rings (SSSR count). The van der Waals surface area contributed by atoms with Crippen molar-refractivity contribution in [1.82, 2.24) is 15.1 Å². The molecule has 12 heavy (non-hydrogen) atoms. The Labute approximate surface area is 70.5 Å². The van der Waals surface area contributed by atoms with E-state index < -0.39 is 0 Å². The zero-order chi connectivity index (χ0) is 8.97. The molecule has 0 fully saturated rings. The quantitative estimate of drug-likeness (QED) is 0.613. The third kappa shape index (κ3) is 2.06. The van der Waals surface area contributed by atoms with Gasteiger partial charge in [-0.25, -0.2) is 0 Å². The van der Waals surface area contributed by atoms with Crippen LogP contribution < -0.4 is 11.1 Å². The number of hydrogen-bond acceptors (Lipinski definition) is 3. The normalized spacial score (nSPS) is 9.83. The lowest BCUT2D eigenvalue weighted by atomic mass is 10.4. The number of carbonyl (C=O) groups is 1. The maximum Gasteiger partial charge on any atom is 0.241 e. The van der Waals surface area contributed by atoms with Gasteiger partial charge in [0.05, 0.1) is 6.20 Å². The molecular formula is C7H12N4O. The van der Waals surface area contributed by atoms with E-state index in [1.54, 1.807) is 24.1 Å². The number of nitrogens with two attached hydrogens (primary N) is 1. The fraction of sp³-hybridized carbons (Fsp3) is 0.429. The smallest absolute Gasteiger partial charge is 0.241 e. The first kappa shape index (κ1) is 8.73. The van der Waals surface area contributed by atoms with Crippen molar-refractivity contribution in [2.75, 3.05) is 7.05 Å². The van der Waals surface area contributed by atoms with Crippen LogP contribution in [0.15, 0.2) is 12.4 Å². The summed E-state index contributed by atoms with van der Waals surface area (Å²) in [5.41, 5.74) is 6.30. The van der Waals surface area contributed by atoms with Gasteiger partial charge in [0, 0.05) is 25.4 Å². The minimum atomic E-state index is -0.0679. The maximum atomic E-state index is 10.9. The second-order valence-electron chi connectivity index (χ2n) is 2.42. The van der Waals surface area contributed by atoms with E-state index in [9.17, 15) is 4.79 Å². The first-order valence-corrected chi connectivity index (χ1v) is 3.68. The highest BCUT2D eigenvalue weighted by Gasteiger charge is 2.00. The summed E-state index contributed by atoms with van der Waals surface area (Å²) < 4.78 is 1.56. The van der Waals surface area contributed by atoms with E-state index in [1.165, 1.54) is 0 Å². The third-order valence-electron chi connectivity index (χ3n) is 1.51. The number of likely N-dealkylation sites (N-methyl/N-ethyl adjacent to an activating group) is 1. The highest BCUT2D eigenvalue weighted by Crippen LogP contribution is 1.94. The number of hydrogen-bond donors (Lipinski definition) is 2. The van der Waals surface area contributed by atoms with E-state index in [1.807, 2.05) is 0 Å². The Morgan fingerprint density at radius 3 is 3.08 bits per heavy atom. The molecule has 1 aromatic rings. The van der Waals surface area contributed by atoms with Gasteiger partial charge in [0.25, 0.3) is 0 Å². The topological polar surface area (TPSA) is 72.9 Å². The maximum absolute atomic E-state index is 10.9. The van der Waals surface area contributed by atoms with Gasteiger partial charge in [-0.2, -0.15) is 5.10 Å². The molecular weight excluding hydrogens is 156 g/mol. The molecule has 1 heterocycles. The molecule has 0 atom stereocenters. The minimum Gasteiger partial charge on any atom is -0.358 e. The van der Waals surface area contributed by atoms with Crippen LogP contribution in [-0.4, -0.2) is 22.7 Å². The lowest BCUT2D eigenvalue weighted by molar-refractivity contribution is -0.121. The predicted octanol–water partition coefficient (Wildman–Crippen LogP) is -0.912. The van der Waals surface area contributed by atoms with E-state index >= 15 is 0 Å². The average Bonchev–Trinajstić information content (AvgIpc) is 2.52. The van der Waals surface area contributed by atoms with Crippen molar-refractivity contribution < 1.29 is 4.79 Å². The second-order valence-corrected chi connectivity index (χ2v) is 2.42. The Hall–Kier alpha value is -1.36. The lowest BCUT2D eigenvalue weighted by Gasteiger charge is -1.98. The van der Waals surface area contributed by atoms with E-state index in [-0.39, 0.29) is 12.5 Å². The summed E-state index contributed by atoms with van der Waals surface area (Å²) in [5.74, 6) is -0.0679. The minimum absolute atomic E-state index is 0.0679. The summed E-state index contributed by atoms with van der Waals surface area (Å²) in [7, 11) is 1.59. The van der Waals surface area contributed by atoms with Gasteiger partial charge in [-0.05, 0) is 0 Å². The third-order valence-corrected chi connectivity index (χ3v) is 1.51. The van der Waals surface area contributed by atoms with Crippen molar-refractivity contribution in [3.05, 3.63) is 18.0 Å². The molecule has 0 aliphatic heterocycles. The van der Waals surface area contributed by atoms with Crippen LogP contribution in [-0.2, 0) is 17.9 Å². The standard InChI is InChI=1S/C7H12N4O/c1-9-7(12)5-11-4-6(2-8)3-10-11/h3-4H,2,5,8H2,1H3,(H,9,12). The van der Waals surface area contributed by atoms with E-state index in [0.717, 1.165) is 5.56 Å². The fourth-order valence-corrected chi connectivity index (χ4v) is 0.824. The van der Waals surface area contributed by atoms with Crippen molar-refractivity contribution >= 4 is 5.91 Å². The highest BCUT2D eigenvalue weighted by molar-refractivity contribution is 5.75. The van der Waals surface area contributed by atoms with Crippen LogP contribution in [0.3, 0.4) is 0 Å². The predicted molar refractivity (Wildman–Crippen MR) is 44.2 cm³/mol. The molecule has 0 spiro atoms. The molecule has 0 aromatic carbocycles. The molecule has 0 aliphatic rings. The van der Waals surface area contributed by atoms with Crippen molar-refractivity contribution in [3.63, 3.8) is 0 Å².